The fourth-order valence-corrected chi connectivity index (χ4v) is 3.47. The number of carbonyl (C=O) groups is 1. The van der Waals surface area contributed by atoms with Crippen LogP contribution < -0.4 is 9.47 Å². The zero-order chi connectivity index (χ0) is 14.1. The van der Waals surface area contributed by atoms with Crippen molar-refractivity contribution in [3.8, 4) is 11.5 Å². The van der Waals surface area contributed by atoms with Gasteiger partial charge in [-0.15, -0.1) is 0 Å². The van der Waals surface area contributed by atoms with Crippen LogP contribution in [0.1, 0.15) is 26.7 Å². The van der Waals surface area contributed by atoms with E-state index < -0.39 is 0 Å². The second-order valence-electron chi connectivity index (χ2n) is 4.51. The molecule has 1 aliphatic rings. The summed E-state index contributed by atoms with van der Waals surface area (Å²) >= 11 is 1.34. The summed E-state index contributed by atoms with van der Waals surface area (Å²) < 4.78 is 10.3. The first-order valence-electron chi connectivity index (χ1n) is 6.26. The summed E-state index contributed by atoms with van der Waals surface area (Å²) in [6.07, 6.45) is 0. The Morgan fingerprint density at radius 2 is 1.60 bits per heavy atom. The minimum Gasteiger partial charge on any atom is -0.497 e. The Morgan fingerprint density at radius 1 is 0.950 bits per heavy atom. The van der Waals surface area contributed by atoms with Gasteiger partial charge in [0.25, 0.3) is 0 Å². The largest absolute Gasteiger partial charge is 0.497 e. The van der Waals surface area contributed by atoms with Gasteiger partial charge in [0.1, 0.15) is 11.5 Å². The van der Waals surface area contributed by atoms with Gasteiger partial charge in [-0.25, -0.2) is 0 Å². The van der Waals surface area contributed by atoms with Gasteiger partial charge >= 0.3 is 0 Å². The second kappa shape index (κ2) is 5.21. The lowest BCUT2D eigenvalue weighted by molar-refractivity contribution is 0.109. The number of hydrogen-bond acceptors (Lipinski definition) is 4. The Bertz CT molecular complexity index is 649. The lowest BCUT2D eigenvalue weighted by Crippen LogP contribution is -1.94. The van der Waals surface area contributed by atoms with Gasteiger partial charge in [0.05, 0.1) is 19.5 Å². The molecule has 0 saturated carbocycles. The molecule has 0 aliphatic carbocycles. The molecule has 1 atom stereocenters. The number of fused-ring (bicyclic) bond motifs is 1. The van der Waals surface area contributed by atoms with E-state index in [2.05, 4.69) is 0 Å². The minimum absolute atomic E-state index is 0.0503. The molecular formula is C16H14O3S. The lowest BCUT2D eigenvalue weighted by atomic mass is 10.00. The third-order valence-electron chi connectivity index (χ3n) is 3.41. The number of thioether (sulfide) groups is 1. The first kappa shape index (κ1) is 13.1. The molecule has 0 N–H and O–H groups in total. The number of rotatable bonds is 3. The maximum Gasteiger partial charge on any atom is 0.220 e. The summed E-state index contributed by atoms with van der Waals surface area (Å²) in [5, 5.41) is 0.147. The Morgan fingerprint density at radius 3 is 2.25 bits per heavy atom. The number of benzene rings is 2. The number of ether oxygens (including phenoxy) is 2. The van der Waals surface area contributed by atoms with E-state index in [0.717, 1.165) is 22.4 Å². The molecule has 1 heterocycles. The predicted molar refractivity (Wildman–Crippen MR) is 79.8 cm³/mol. The van der Waals surface area contributed by atoms with Gasteiger partial charge in [0.2, 0.25) is 5.12 Å². The molecule has 4 heteroatoms. The van der Waals surface area contributed by atoms with Crippen molar-refractivity contribution in [2.24, 2.45) is 0 Å². The van der Waals surface area contributed by atoms with Crippen LogP contribution in [0, 0.1) is 0 Å². The van der Waals surface area contributed by atoms with Crippen LogP contribution in [-0.2, 0) is 0 Å². The van der Waals surface area contributed by atoms with E-state index in [9.17, 15) is 4.79 Å². The molecule has 0 fully saturated rings. The van der Waals surface area contributed by atoms with E-state index in [1.807, 2.05) is 42.5 Å². The van der Waals surface area contributed by atoms with E-state index in [1.165, 1.54) is 11.8 Å². The zero-order valence-corrected chi connectivity index (χ0v) is 12.1. The topological polar surface area (TPSA) is 35.5 Å². The van der Waals surface area contributed by atoms with Crippen molar-refractivity contribution in [3.05, 3.63) is 59.2 Å². The zero-order valence-electron chi connectivity index (χ0n) is 11.3. The van der Waals surface area contributed by atoms with Crippen LogP contribution in [0.15, 0.2) is 42.5 Å². The predicted octanol–water partition coefficient (Wildman–Crippen LogP) is 3.68. The number of carbonyl (C=O) groups excluding carboxylic acids is 1. The molecule has 3 nitrogen and oxygen atoms in total. The van der Waals surface area contributed by atoms with Gasteiger partial charge in [0, 0.05) is 5.56 Å². The standard InChI is InChI=1S/C16H14O3S/c1-18-11-5-3-10(4-6-11)15-13-8-7-12(19-2)9-14(13)16(17)20-15/h3-9,15H,1-2H3. The molecule has 2 aromatic carbocycles. The summed E-state index contributed by atoms with van der Waals surface area (Å²) in [7, 11) is 3.25. The first-order valence-corrected chi connectivity index (χ1v) is 7.14. The highest BCUT2D eigenvalue weighted by atomic mass is 32.2. The highest BCUT2D eigenvalue weighted by molar-refractivity contribution is 8.15. The monoisotopic (exact) mass is 286 g/mol. The van der Waals surface area contributed by atoms with Crippen LogP contribution in [0.3, 0.4) is 0 Å². The van der Waals surface area contributed by atoms with Crippen molar-refractivity contribution in [1.82, 2.24) is 0 Å². The van der Waals surface area contributed by atoms with Gasteiger partial charge < -0.3 is 9.47 Å². The molecule has 102 valence electrons. The molecule has 1 aliphatic heterocycles. The van der Waals surface area contributed by atoms with Crippen LogP contribution in [0.5, 0.6) is 11.5 Å². The molecule has 0 saturated heterocycles. The molecular weight excluding hydrogens is 272 g/mol. The van der Waals surface area contributed by atoms with Gasteiger partial charge in [-0.1, -0.05) is 30.0 Å². The molecule has 0 spiro atoms. The van der Waals surface area contributed by atoms with Crippen LogP contribution >= 0.6 is 11.8 Å². The van der Waals surface area contributed by atoms with Crippen LogP contribution in [0.25, 0.3) is 0 Å². The third-order valence-corrected chi connectivity index (χ3v) is 4.60. The fraction of sp³-hybridized carbons (Fsp3) is 0.188. The lowest BCUT2D eigenvalue weighted by Gasteiger charge is -2.11. The van der Waals surface area contributed by atoms with Crippen molar-refractivity contribution in [2.75, 3.05) is 14.2 Å². The smallest absolute Gasteiger partial charge is 0.220 e. The second-order valence-corrected chi connectivity index (χ2v) is 5.59. The molecule has 0 bridgehead atoms. The molecule has 0 radical (unpaired) electrons. The highest BCUT2D eigenvalue weighted by Gasteiger charge is 2.31. The van der Waals surface area contributed by atoms with Gasteiger partial charge in [0.15, 0.2) is 0 Å². The van der Waals surface area contributed by atoms with Crippen molar-refractivity contribution in [2.45, 2.75) is 5.25 Å². The maximum atomic E-state index is 12.1. The molecule has 0 aromatic heterocycles. The van der Waals surface area contributed by atoms with E-state index >= 15 is 0 Å². The molecule has 0 amide bonds. The van der Waals surface area contributed by atoms with Crippen LogP contribution in [0.2, 0.25) is 0 Å². The Kier molecular flexibility index (Phi) is 3.40. The fourth-order valence-electron chi connectivity index (χ4n) is 2.33. The summed E-state index contributed by atoms with van der Waals surface area (Å²) in [5.74, 6) is 1.53. The average molecular weight is 286 g/mol. The van der Waals surface area contributed by atoms with Gasteiger partial charge in [-0.3, -0.25) is 4.79 Å². The first-order chi connectivity index (χ1) is 9.72. The van der Waals surface area contributed by atoms with E-state index in [-0.39, 0.29) is 10.4 Å². The van der Waals surface area contributed by atoms with Crippen molar-refractivity contribution in [1.29, 1.82) is 0 Å². The van der Waals surface area contributed by atoms with Crippen molar-refractivity contribution in [3.63, 3.8) is 0 Å². The average Bonchev–Trinajstić information content (AvgIpc) is 2.84. The SMILES string of the molecule is COc1ccc(C2SC(=O)c3cc(OC)ccc32)cc1. The van der Waals surface area contributed by atoms with Crippen LogP contribution in [-0.4, -0.2) is 19.3 Å². The summed E-state index contributed by atoms with van der Waals surface area (Å²) in [4.78, 5) is 12.1. The summed E-state index contributed by atoms with van der Waals surface area (Å²) in [6, 6.07) is 13.5. The maximum absolute atomic E-state index is 12.1. The van der Waals surface area contributed by atoms with Crippen molar-refractivity contribution < 1.29 is 14.3 Å². The Hall–Kier alpha value is -1.94. The molecule has 2 aromatic rings. The number of hydrogen-bond donors (Lipinski definition) is 0. The van der Waals surface area contributed by atoms with E-state index in [1.54, 1.807) is 14.2 Å². The number of methoxy groups -OCH3 is 2. The normalized spacial score (nSPS) is 16.9. The van der Waals surface area contributed by atoms with Gasteiger partial charge in [-0.05, 0) is 35.4 Å². The summed E-state index contributed by atoms with van der Waals surface area (Å²) in [6.45, 7) is 0. The molecule has 3 rings (SSSR count). The van der Waals surface area contributed by atoms with Crippen molar-refractivity contribution >= 4 is 16.9 Å². The quantitative estimate of drug-likeness (QED) is 0.862. The third kappa shape index (κ3) is 2.16. The highest BCUT2D eigenvalue weighted by Crippen LogP contribution is 2.46. The van der Waals surface area contributed by atoms with E-state index in [0.29, 0.717) is 5.75 Å². The van der Waals surface area contributed by atoms with Crippen LogP contribution in [0.4, 0.5) is 0 Å². The Balaban J connectivity index is 1.99. The molecule has 1 unspecified atom stereocenters. The Labute approximate surface area is 121 Å². The minimum atomic E-state index is 0.0503. The summed E-state index contributed by atoms with van der Waals surface area (Å²) in [5.41, 5.74) is 2.90. The molecule has 20 heavy (non-hydrogen) atoms. The van der Waals surface area contributed by atoms with E-state index in [4.69, 9.17) is 9.47 Å². The van der Waals surface area contributed by atoms with Gasteiger partial charge in [-0.2, -0.15) is 0 Å².